The molecule has 0 unspecified atom stereocenters. The summed E-state index contributed by atoms with van der Waals surface area (Å²) in [5.74, 6) is -0.00598. The predicted octanol–water partition coefficient (Wildman–Crippen LogP) is 4.43. The maximum absolute atomic E-state index is 12.1. The molecular weight excluding hydrogens is 348 g/mol. The number of esters is 1. The van der Waals surface area contributed by atoms with E-state index in [1.807, 2.05) is 6.92 Å². The van der Waals surface area contributed by atoms with Crippen LogP contribution in [0.4, 0.5) is 0 Å². The number of likely N-dealkylation sites (tertiary alicyclic amines) is 1. The SMILES string of the molecule is CCOC(=O)[C@@H]1CCCN(CCC=C(c2ccccc2C)c2cccn2C)C1. The molecule has 1 aliphatic heterocycles. The molecule has 2 heterocycles. The van der Waals surface area contributed by atoms with E-state index in [0.29, 0.717) is 6.61 Å². The maximum Gasteiger partial charge on any atom is 0.310 e. The topological polar surface area (TPSA) is 34.5 Å². The Bertz CT molecular complexity index is 822. The smallest absolute Gasteiger partial charge is 0.310 e. The predicted molar refractivity (Wildman–Crippen MR) is 114 cm³/mol. The Hall–Kier alpha value is -2.33. The molecule has 1 aromatic carbocycles. The third kappa shape index (κ3) is 4.93. The van der Waals surface area contributed by atoms with Gasteiger partial charge >= 0.3 is 5.97 Å². The van der Waals surface area contributed by atoms with Gasteiger partial charge in [-0.15, -0.1) is 0 Å². The van der Waals surface area contributed by atoms with Crippen LogP contribution >= 0.6 is 0 Å². The molecule has 1 fully saturated rings. The molecule has 0 saturated carbocycles. The van der Waals surface area contributed by atoms with E-state index in [1.54, 1.807) is 0 Å². The van der Waals surface area contributed by atoms with Crippen LogP contribution in [-0.4, -0.2) is 41.7 Å². The van der Waals surface area contributed by atoms with Gasteiger partial charge in [-0.05, 0) is 62.9 Å². The summed E-state index contributed by atoms with van der Waals surface area (Å²) in [6.07, 6.45) is 7.42. The number of aromatic nitrogens is 1. The first-order valence-corrected chi connectivity index (χ1v) is 10.4. The van der Waals surface area contributed by atoms with Crippen molar-refractivity contribution in [3.05, 3.63) is 65.5 Å². The van der Waals surface area contributed by atoms with Crippen molar-refractivity contribution in [2.45, 2.75) is 33.1 Å². The lowest BCUT2D eigenvalue weighted by Gasteiger charge is -2.31. The number of aryl methyl sites for hydroxylation is 2. The van der Waals surface area contributed by atoms with Gasteiger partial charge in [-0.3, -0.25) is 4.79 Å². The molecule has 0 radical (unpaired) electrons. The average molecular weight is 381 g/mol. The summed E-state index contributed by atoms with van der Waals surface area (Å²) in [5.41, 5.74) is 5.09. The van der Waals surface area contributed by atoms with Crippen molar-refractivity contribution in [3.8, 4) is 0 Å². The summed E-state index contributed by atoms with van der Waals surface area (Å²) >= 11 is 0. The molecule has 3 rings (SSSR count). The second-order valence-electron chi connectivity index (χ2n) is 7.62. The van der Waals surface area contributed by atoms with Crippen LogP contribution in [0.1, 0.15) is 43.0 Å². The van der Waals surface area contributed by atoms with Gasteiger partial charge in [-0.25, -0.2) is 0 Å². The molecule has 28 heavy (non-hydrogen) atoms. The number of ether oxygens (including phenoxy) is 1. The highest BCUT2D eigenvalue weighted by Gasteiger charge is 2.26. The second-order valence-corrected chi connectivity index (χ2v) is 7.62. The number of rotatable bonds is 7. The number of piperidine rings is 1. The van der Waals surface area contributed by atoms with Crippen LogP contribution < -0.4 is 0 Å². The standard InChI is InChI=1S/C24H32N2O2/c1-4-28-24(27)20-11-7-16-26(18-20)17-8-13-22(23-14-9-15-25(23)3)21-12-6-5-10-19(21)2/h5-6,9-10,12-15,20H,4,7-8,11,16-18H2,1-3H3/t20-/m1/s1. The molecule has 1 atom stereocenters. The molecule has 4 heteroatoms. The normalized spacial score (nSPS) is 18.2. The van der Waals surface area contributed by atoms with E-state index in [2.05, 4.69) is 72.1 Å². The van der Waals surface area contributed by atoms with Gasteiger partial charge in [0, 0.05) is 37.6 Å². The van der Waals surface area contributed by atoms with Gasteiger partial charge in [0.1, 0.15) is 0 Å². The molecule has 150 valence electrons. The second kappa shape index (κ2) is 9.74. The Morgan fingerprint density at radius 2 is 2.07 bits per heavy atom. The Morgan fingerprint density at radius 1 is 1.25 bits per heavy atom. The fraction of sp³-hybridized carbons (Fsp3) is 0.458. The molecule has 1 aromatic heterocycles. The number of benzene rings is 1. The van der Waals surface area contributed by atoms with Crippen LogP contribution in [0.3, 0.4) is 0 Å². The van der Waals surface area contributed by atoms with Crippen molar-refractivity contribution >= 4 is 11.5 Å². The fourth-order valence-corrected chi connectivity index (χ4v) is 4.07. The van der Waals surface area contributed by atoms with E-state index in [4.69, 9.17) is 4.74 Å². The molecular formula is C24H32N2O2. The third-order valence-corrected chi connectivity index (χ3v) is 5.57. The minimum absolute atomic E-state index is 0.0291. The molecule has 2 aromatic rings. The summed E-state index contributed by atoms with van der Waals surface area (Å²) < 4.78 is 7.40. The van der Waals surface area contributed by atoms with E-state index in [0.717, 1.165) is 38.9 Å². The van der Waals surface area contributed by atoms with Crippen molar-refractivity contribution in [2.24, 2.45) is 13.0 Å². The monoisotopic (exact) mass is 380 g/mol. The molecule has 1 saturated heterocycles. The van der Waals surface area contributed by atoms with Gasteiger partial charge < -0.3 is 14.2 Å². The molecule has 1 aliphatic rings. The summed E-state index contributed by atoms with van der Waals surface area (Å²) in [6, 6.07) is 12.8. The molecule has 0 bridgehead atoms. The van der Waals surface area contributed by atoms with Crippen molar-refractivity contribution < 1.29 is 9.53 Å². The lowest BCUT2D eigenvalue weighted by Crippen LogP contribution is -2.39. The first-order valence-electron chi connectivity index (χ1n) is 10.4. The fourth-order valence-electron chi connectivity index (χ4n) is 4.07. The lowest BCUT2D eigenvalue weighted by molar-refractivity contribution is -0.149. The summed E-state index contributed by atoms with van der Waals surface area (Å²) in [5, 5.41) is 0. The lowest BCUT2D eigenvalue weighted by atomic mass is 9.96. The third-order valence-electron chi connectivity index (χ3n) is 5.57. The van der Waals surface area contributed by atoms with Crippen molar-refractivity contribution in [1.29, 1.82) is 0 Å². The number of nitrogens with zero attached hydrogens (tertiary/aromatic N) is 2. The van der Waals surface area contributed by atoms with Crippen LogP contribution in [0.15, 0.2) is 48.7 Å². The molecule has 0 N–H and O–H groups in total. The van der Waals surface area contributed by atoms with Gasteiger partial charge in [0.05, 0.1) is 12.5 Å². The largest absolute Gasteiger partial charge is 0.466 e. The van der Waals surface area contributed by atoms with E-state index < -0.39 is 0 Å². The highest BCUT2D eigenvalue weighted by Crippen LogP contribution is 2.27. The highest BCUT2D eigenvalue weighted by molar-refractivity contribution is 5.80. The number of carbonyl (C=O) groups excluding carboxylic acids is 1. The summed E-state index contributed by atoms with van der Waals surface area (Å²) in [7, 11) is 2.09. The number of hydrogen-bond acceptors (Lipinski definition) is 3. The minimum Gasteiger partial charge on any atom is -0.466 e. The summed E-state index contributed by atoms with van der Waals surface area (Å²) in [4.78, 5) is 14.5. The zero-order valence-corrected chi connectivity index (χ0v) is 17.4. The van der Waals surface area contributed by atoms with E-state index in [9.17, 15) is 4.79 Å². The van der Waals surface area contributed by atoms with Crippen LogP contribution in [0.25, 0.3) is 5.57 Å². The Labute approximate surface area is 168 Å². The number of carbonyl (C=O) groups is 1. The highest BCUT2D eigenvalue weighted by atomic mass is 16.5. The van der Waals surface area contributed by atoms with Gasteiger partial charge in [0.2, 0.25) is 0 Å². The minimum atomic E-state index is -0.0350. The quantitative estimate of drug-likeness (QED) is 0.667. The van der Waals surface area contributed by atoms with Crippen molar-refractivity contribution in [2.75, 3.05) is 26.2 Å². The average Bonchev–Trinajstić information content (AvgIpc) is 3.12. The van der Waals surface area contributed by atoms with Crippen molar-refractivity contribution in [1.82, 2.24) is 9.47 Å². The van der Waals surface area contributed by atoms with Crippen LogP contribution in [0, 0.1) is 12.8 Å². The zero-order chi connectivity index (χ0) is 19.9. The zero-order valence-electron chi connectivity index (χ0n) is 17.4. The van der Waals surface area contributed by atoms with Crippen LogP contribution in [0.5, 0.6) is 0 Å². The molecule has 0 amide bonds. The maximum atomic E-state index is 12.1. The van der Waals surface area contributed by atoms with Gasteiger partial charge in [0.15, 0.2) is 0 Å². The van der Waals surface area contributed by atoms with Gasteiger partial charge in [-0.1, -0.05) is 30.3 Å². The molecule has 4 nitrogen and oxygen atoms in total. The van der Waals surface area contributed by atoms with Crippen molar-refractivity contribution in [3.63, 3.8) is 0 Å². The first-order chi connectivity index (χ1) is 13.6. The summed E-state index contributed by atoms with van der Waals surface area (Å²) in [6.45, 7) is 7.36. The Kier molecular flexibility index (Phi) is 7.10. The first kappa shape index (κ1) is 20.4. The van der Waals surface area contributed by atoms with E-state index in [-0.39, 0.29) is 11.9 Å². The van der Waals surface area contributed by atoms with Crippen LogP contribution in [-0.2, 0) is 16.6 Å². The van der Waals surface area contributed by atoms with E-state index in [1.165, 1.54) is 22.4 Å². The van der Waals surface area contributed by atoms with E-state index >= 15 is 0 Å². The number of hydrogen-bond donors (Lipinski definition) is 0. The molecule has 0 aliphatic carbocycles. The van der Waals surface area contributed by atoms with Gasteiger partial charge in [-0.2, -0.15) is 0 Å². The Balaban J connectivity index is 1.71. The van der Waals surface area contributed by atoms with Crippen LogP contribution in [0.2, 0.25) is 0 Å². The van der Waals surface area contributed by atoms with Gasteiger partial charge in [0.25, 0.3) is 0 Å². The molecule has 0 spiro atoms. The Morgan fingerprint density at radius 3 is 2.79 bits per heavy atom.